The van der Waals surface area contributed by atoms with E-state index >= 15 is 0 Å². The normalized spacial score (nSPS) is 22.8. The van der Waals surface area contributed by atoms with Gasteiger partial charge in [-0.25, -0.2) is 0 Å². The van der Waals surface area contributed by atoms with E-state index in [2.05, 4.69) is 12.2 Å². The number of thioether (sulfide) groups is 1. The van der Waals surface area contributed by atoms with Gasteiger partial charge in [-0.15, -0.1) is 23.4 Å². The van der Waals surface area contributed by atoms with Crippen LogP contribution in [0.1, 0.15) is 39.0 Å². The molecule has 1 rings (SSSR count). The highest BCUT2D eigenvalue weighted by atomic mass is 35.5. The Balaban J connectivity index is 2.22. The number of carbonyl (C=O) groups is 1. The summed E-state index contributed by atoms with van der Waals surface area (Å²) in [6, 6.07) is 0. The molecule has 0 radical (unpaired) electrons. The van der Waals surface area contributed by atoms with Crippen LogP contribution in [-0.2, 0) is 4.79 Å². The third kappa shape index (κ3) is 4.96. The highest BCUT2D eigenvalue weighted by Gasteiger charge is 2.21. The smallest absolute Gasteiger partial charge is 0.233 e. The van der Waals surface area contributed by atoms with Gasteiger partial charge in [0, 0.05) is 12.4 Å². The van der Waals surface area contributed by atoms with Crippen LogP contribution in [-0.4, -0.2) is 29.3 Å². The molecule has 0 spiro atoms. The van der Waals surface area contributed by atoms with Crippen LogP contribution in [0, 0.1) is 5.92 Å². The topological polar surface area (TPSA) is 29.1 Å². The number of halogens is 1. The van der Waals surface area contributed by atoms with Crippen molar-refractivity contribution in [3.05, 3.63) is 0 Å². The van der Waals surface area contributed by atoms with Gasteiger partial charge in [-0.05, 0) is 30.9 Å². The van der Waals surface area contributed by atoms with Gasteiger partial charge >= 0.3 is 0 Å². The largest absolute Gasteiger partial charge is 0.355 e. The maximum absolute atomic E-state index is 11.9. The van der Waals surface area contributed by atoms with Gasteiger partial charge in [0.25, 0.3) is 0 Å². The predicted octanol–water partition coefficient (Wildman–Crippen LogP) is 3.04. The highest BCUT2D eigenvalue weighted by Crippen LogP contribution is 2.25. The standard InChI is InChI=1S/C12H22ClNOS/c1-2-10(6-7-13)9-14-12(15)11-5-3-4-8-16-11/h10-11H,2-9H2,1H3,(H,14,15). The van der Waals surface area contributed by atoms with Gasteiger partial charge in [-0.3, -0.25) is 4.79 Å². The molecule has 2 nitrogen and oxygen atoms in total. The molecule has 1 aliphatic rings. The Morgan fingerprint density at radius 2 is 2.38 bits per heavy atom. The van der Waals surface area contributed by atoms with Crippen molar-refractivity contribution < 1.29 is 4.79 Å². The van der Waals surface area contributed by atoms with Gasteiger partial charge in [0.15, 0.2) is 0 Å². The minimum atomic E-state index is 0.197. The zero-order valence-electron chi connectivity index (χ0n) is 10.0. The first-order valence-electron chi connectivity index (χ1n) is 6.23. The minimum Gasteiger partial charge on any atom is -0.355 e. The van der Waals surface area contributed by atoms with Crippen LogP contribution in [0.3, 0.4) is 0 Å². The number of amides is 1. The average Bonchev–Trinajstić information content (AvgIpc) is 2.35. The van der Waals surface area contributed by atoms with E-state index < -0.39 is 0 Å². The molecule has 0 aromatic carbocycles. The fraction of sp³-hybridized carbons (Fsp3) is 0.917. The van der Waals surface area contributed by atoms with E-state index in [1.54, 1.807) is 11.8 Å². The van der Waals surface area contributed by atoms with Crippen LogP contribution in [0.2, 0.25) is 0 Å². The van der Waals surface area contributed by atoms with E-state index in [1.165, 1.54) is 12.8 Å². The van der Waals surface area contributed by atoms with Crippen molar-refractivity contribution in [2.75, 3.05) is 18.2 Å². The minimum absolute atomic E-state index is 0.197. The zero-order chi connectivity index (χ0) is 11.8. The molecule has 0 aliphatic carbocycles. The molecular formula is C12H22ClNOS. The second-order valence-electron chi connectivity index (χ2n) is 4.35. The molecule has 0 bridgehead atoms. The quantitative estimate of drug-likeness (QED) is 0.747. The van der Waals surface area contributed by atoms with Gasteiger partial charge in [0.2, 0.25) is 5.91 Å². The lowest BCUT2D eigenvalue weighted by molar-refractivity contribution is -0.120. The van der Waals surface area contributed by atoms with Crippen molar-refractivity contribution in [1.82, 2.24) is 5.32 Å². The highest BCUT2D eigenvalue weighted by molar-refractivity contribution is 8.00. The first-order valence-corrected chi connectivity index (χ1v) is 7.81. The maximum Gasteiger partial charge on any atom is 0.233 e. The van der Waals surface area contributed by atoms with Crippen molar-refractivity contribution in [2.45, 2.75) is 44.3 Å². The summed E-state index contributed by atoms with van der Waals surface area (Å²) in [5.41, 5.74) is 0. The molecule has 16 heavy (non-hydrogen) atoms. The molecule has 0 aromatic heterocycles. The number of rotatable bonds is 6. The van der Waals surface area contributed by atoms with Gasteiger partial charge in [-0.1, -0.05) is 19.8 Å². The lowest BCUT2D eigenvalue weighted by Gasteiger charge is -2.22. The van der Waals surface area contributed by atoms with Crippen molar-refractivity contribution in [1.29, 1.82) is 0 Å². The lowest BCUT2D eigenvalue weighted by atomic mass is 10.0. The maximum atomic E-state index is 11.9. The molecule has 0 saturated carbocycles. The Morgan fingerprint density at radius 3 is 2.94 bits per heavy atom. The predicted molar refractivity (Wildman–Crippen MR) is 72.2 cm³/mol. The number of hydrogen-bond donors (Lipinski definition) is 1. The number of nitrogens with one attached hydrogen (secondary N) is 1. The molecule has 1 heterocycles. The summed E-state index contributed by atoms with van der Waals surface area (Å²) >= 11 is 7.53. The second kappa shape index (κ2) is 8.24. The Kier molecular flexibility index (Phi) is 7.30. The summed E-state index contributed by atoms with van der Waals surface area (Å²) in [5, 5.41) is 3.27. The summed E-state index contributed by atoms with van der Waals surface area (Å²) in [6.07, 6.45) is 5.59. The van der Waals surface area contributed by atoms with E-state index in [-0.39, 0.29) is 11.2 Å². The van der Waals surface area contributed by atoms with E-state index in [0.29, 0.717) is 11.8 Å². The van der Waals surface area contributed by atoms with E-state index in [4.69, 9.17) is 11.6 Å². The first kappa shape index (κ1) is 14.2. The molecule has 94 valence electrons. The summed E-state index contributed by atoms with van der Waals surface area (Å²) in [5.74, 6) is 2.59. The first-order chi connectivity index (χ1) is 7.77. The van der Waals surface area contributed by atoms with Crippen LogP contribution in [0.5, 0.6) is 0 Å². The summed E-state index contributed by atoms with van der Waals surface area (Å²) < 4.78 is 0. The monoisotopic (exact) mass is 263 g/mol. The second-order valence-corrected chi connectivity index (χ2v) is 6.04. The van der Waals surface area contributed by atoms with Crippen LogP contribution in [0.25, 0.3) is 0 Å². The van der Waals surface area contributed by atoms with Crippen molar-refractivity contribution in [3.8, 4) is 0 Å². The molecule has 4 heteroatoms. The van der Waals surface area contributed by atoms with Crippen molar-refractivity contribution in [2.24, 2.45) is 5.92 Å². The fourth-order valence-electron chi connectivity index (χ4n) is 1.91. The van der Waals surface area contributed by atoms with Crippen molar-refractivity contribution in [3.63, 3.8) is 0 Å². The molecule has 1 saturated heterocycles. The van der Waals surface area contributed by atoms with Gasteiger partial charge in [0.1, 0.15) is 0 Å². The fourth-order valence-corrected chi connectivity index (χ4v) is 3.44. The molecule has 1 N–H and O–H groups in total. The van der Waals surface area contributed by atoms with Gasteiger partial charge in [0.05, 0.1) is 5.25 Å². The van der Waals surface area contributed by atoms with E-state index in [9.17, 15) is 4.79 Å². The summed E-state index contributed by atoms with van der Waals surface area (Å²) in [6.45, 7) is 2.94. The van der Waals surface area contributed by atoms with Gasteiger partial charge < -0.3 is 5.32 Å². The van der Waals surface area contributed by atoms with Gasteiger partial charge in [-0.2, -0.15) is 0 Å². The summed E-state index contributed by atoms with van der Waals surface area (Å²) in [7, 11) is 0. The Hall–Kier alpha value is 0.110. The number of alkyl halides is 1. The SMILES string of the molecule is CCC(CCCl)CNC(=O)C1CCCCS1. The van der Waals surface area contributed by atoms with Crippen LogP contribution >= 0.6 is 23.4 Å². The molecular weight excluding hydrogens is 242 g/mol. The zero-order valence-corrected chi connectivity index (χ0v) is 11.6. The average molecular weight is 264 g/mol. The third-order valence-corrected chi connectivity index (χ3v) is 4.73. The van der Waals surface area contributed by atoms with Crippen LogP contribution in [0.4, 0.5) is 0 Å². The van der Waals surface area contributed by atoms with E-state index in [0.717, 1.165) is 31.6 Å². The molecule has 1 amide bonds. The lowest BCUT2D eigenvalue weighted by Crippen LogP contribution is -2.37. The molecule has 2 unspecified atom stereocenters. The molecule has 1 fully saturated rings. The summed E-state index contributed by atoms with van der Waals surface area (Å²) in [4.78, 5) is 11.9. The number of hydrogen-bond acceptors (Lipinski definition) is 2. The molecule has 1 aliphatic heterocycles. The Bertz CT molecular complexity index is 207. The Morgan fingerprint density at radius 1 is 1.56 bits per heavy atom. The van der Waals surface area contributed by atoms with Crippen molar-refractivity contribution >= 4 is 29.3 Å². The number of carbonyl (C=O) groups excluding carboxylic acids is 1. The third-order valence-electron chi connectivity index (χ3n) is 3.13. The van der Waals surface area contributed by atoms with Crippen LogP contribution < -0.4 is 5.32 Å². The van der Waals surface area contributed by atoms with E-state index in [1.807, 2.05) is 0 Å². The molecule has 0 aromatic rings. The Labute approximate surface area is 108 Å². The van der Waals surface area contributed by atoms with Crippen LogP contribution in [0.15, 0.2) is 0 Å². The molecule has 2 atom stereocenters.